The number of hydrogen-bond donors (Lipinski definition) is 1. The molecule has 1 N–H and O–H groups in total. The predicted octanol–water partition coefficient (Wildman–Crippen LogP) is 3.79. The van der Waals surface area contributed by atoms with Crippen LogP contribution in [-0.2, 0) is 0 Å². The first-order valence-electron chi connectivity index (χ1n) is 7.11. The molecule has 0 saturated heterocycles. The van der Waals surface area contributed by atoms with Crippen molar-refractivity contribution in [3.05, 3.63) is 23.8 Å². The molecule has 0 aliphatic carbocycles. The second-order valence-corrected chi connectivity index (χ2v) is 4.93. The minimum Gasteiger partial charge on any atom is -0.493 e. The number of ether oxygens (including phenoxy) is 2. The van der Waals surface area contributed by atoms with Gasteiger partial charge in [0, 0.05) is 6.04 Å². The summed E-state index contributed by atoms with van der Waals surface area (Å²) < 4.78 is 10.6. The second kappa shape index (κ2) is 8.05. The van der Waals surface area contributed by atoms with Gasteiger partial charge in [0.2, 0.25) is 0 Å². The molecule has 0 spiro atoms. The summed E-state index contributed by atoms with van der Waals surface area (Å²) in [5.74, 6) is 2.32. The summed E-state index contributed by atoms with van der Waals surface area (Å²) in [7, 11) is 3.33. The third-order valence-corrected chi connectivity index (χ3v) is 3.78. The molecule has 0 heterocycles. The van der Waals surface area contributed by atoms with Crippen molar-refractivity contribution in [1.82, 2.24) is 5.32 Å². The van der Waals surface area contributed by atoms with Crippen LogP contribution in [0.5, 0.6) is 11.5 Å². The van der Waals surface area contributed by atoms with Crippen LogP contribution in [0.25, 0.3) is 0 Å². The highest BCUT2D eigenvalue weighted by atomic mass is 16.5. The molecule has 0 aromatic heterocycles. The van der Waals surface area contributed by atoms with Crippen LogP contribution < -0.4 is 14.8 Å². The highest BCUT2D eigenvalue weighted by Crippen LogP contribution is 2.29. The minimum absolute atomic E-state index is 0.320. The predicted molar refractivity (Wildman–Crippen MR) is 80.0 cm³/mol. The number of rotatable bonds is 8. The fourth-order valence-electron chi connectivity index (χ4n) is 2.16. The normalized spacial score (nSPS) is 12.5. The van der Waals surface area contributed by atoms with Crippen molar-refractivity contribution < 1.29 is 9.47 Å². The van der Waals surface area contributed by atoms with Gasteiger partial charge in [-0.2, -0.15) is 0 Å². The monoisotopic (exact) mass is 265 g/mol. The third kappa shape index (κ3) is 4.43. The Morgan fingerprint density at radius 1 is 1.05 bits per heavy atom. The lowest BCUT2D eigenvalue weighted by Gasteiger charge is -2.20. The molecule has 1 unspecified atom stereocenters. The Balaban J connectivity index is 2.68. The van der Waals surface area contributed by atoms with E-state index in [0.717, 1.165) is 24.0 Å². The summed E-state index contributed by atoms with van der Waals surface area (Å²) in [5, 5.41) is 3.59. The van der Waals surface area contributed by atoms with Gasteiger partial charge < -0.3 is 14.8 Å². The maximum atomic E-state index is 5.34. The fourth-order valence-corrected chi connectivity index (χ4v) is 2.16. The Hall–Kier alpha value is -1.22. The van der Waals surface area contributed by atoms with Crippen LogP contribution in [0.4, 0.5) is 0 Å². The molecule has 0 radical (unpaired) electrons. The highest BCUT2D eigenvalue weighted by molar-refractivity contribution is 5.43. The van der Waals surface area contributed by atoms with Gasteiger partial charge >= 0.3 is 0 Å². The Morgan fingerprint density at radius 2 is 1.68 bits per heavy atom. The first-order valence-corrected chi connectivity index (χ1v) is 7.11. The molecule has 0 aliphatic heterocycles. The van der Waals surface area contributed by atoms with Gasteiger partial charge in [0.05, 0.1) is 14.2 Å². The van der Waals surface area contributed by atoms with E-state index in [0.29, 0.717) is 6.04 Å². The van der Waals surface area contributed by atoms with Gasteiger partial charge in [0.15, 0.2) is 11.5 Å². The van der Waals surface area contributed by atoms with Gasteiger partial charge in [-0.05, 0) is 37.1 Å². The van der Waals surface area contributed by atoms with Gasteiger partial charge in [-0.15, -0.1) is 0 Å². The average Bonchev–Trinajstić information content (AvgIpc) is 2.47. The van der Waals surface area contributed by atoms with Crippen LogP contribution in [0.3, 0.4) is 0 Å². The molecule has 0 amide bonds. The molecule has 1 rings (SSSR count). The number of nitrogens with one attached hydrogen (secondary N) is 1. The number of benzene rings is 1. The van der Waals surface area contributed by atoms with Crippen LogP contribution in [0.1, 0.15) is 45.2 Å². The van der Waals surface area contributed by atoms with E-state index in [-0.39, 0.29) is 0 Å². The second-order valence-electron chi connectivity index (χ2n) is 4.93. The van der Waals surface area contributed by atoms with Crippen molar-refractivity contribution >= 4 is 0 Å². The Morgan fingerprint density at radius 3 is 2.21 bits per heavy atom. The third-order valence-electron chi connectivity index (χ3n) is 3.78. The molecular formula is C16H27NO2. The summed E-state index contributed by atoms with van der Waals surface area (Å²) in [6.07, 6.45) is 2.45. The van der Waals surface area contributed by atoms with E-state index in [4.69, 9.17) is 9.47 Å². The lowest BCUT2D eigenvalue weighted by molar-refractivity contribution is 0.353. The van der Waals surface area contributed by atoms with Crippen LogP contribution in [0, 0.1) is 5.92 Å². The van der Waals surface area contributed by atoms with Crippen molar-refractivity contribution in [3.63, 3.8) is 0 Å². The smallest absolute Gasteiger partial charge is 0.161 e. The van der Waals surface area contributed by atoms with Gasteiger partial charge in [-0.3, -0.25) is 0 Å². The zero-order chi connectivity index (χ0) is 14.3. The summed E-state index contributed by atoms with van der Waals surface area (Å²) in [6.45, 7) is 7.74. The minimum atomic E-state index is 0.320. The van der Waals surface area contributed by atoms with Crippen molar-refractivity contribution in [2.24, 2.45) is 5.92 Å². The summed E-state index contributed by atoms with van der Waals surface area (Å²) >= 11 is 0. The maximum Gasteiger partial charge on any atom is 0.161 e. The highest BCUT2D eigenvalue weighted by Gasteiger charge is 2.11. The first kappa shape index (κ1) is 15.8. The number of hydrogen-bond acceptors (Lipinski definition) is 3. The topological polar surface area (TPSA) is 30.5 Å². The van der Waals surface area contributed by atoms with Gasteiger partial charge in [-0.25, -0.2) is 0 Å². The molecule has 1 atom stereocenters. The Kier molecular flexibility index (Phi) is 6.71. The van der Waals surface area contributed by atoms with Crippen LogP contribution in [-0.4, -0.2) is 20.8 Å². The van der Waals surface area contributed by atoms with Gasteiger partial charge in [0.25, 0.3) is 0 Å². The van der Waals surface area contributed by atoms with E-state index in [9.17, 15) is 0 Å². The van der Waals surface area contributed by atoms with E-state index in [2.05, 4.69) is 32.2 Å². The molecule has 19 heavy (non-hydrogen) atoms. The zero-order valence-electron chi connectivity index (χ0n) is 12.8. The average molecular weight is 265 g/mol. The molecule has 0 fully saturated rings. The van der Waals surface area contributed by atoms with Crippen LogP contribution >= 0.6 is 0 Å². The van der Waals surface area contributed by atoms with Crippen molar-refractivity contribution in [1.29, 1.82) is 0 Å². The lowest BCUT2D eigenvalue weighted by Crippen LogP contribution is -2.25. The summed E-state index contributed by atoms with van der Waals surface area (Å²) in [4.78, 5) is 0. The first-order chi connectivity index (χ1) is 9.15. The quantitative estimate of drug-likeness (QED) is 0.775. The maximum absolute atomic E-state index is 5.34. The van der Waals surface area contributed by atoms with E-state index in [1.54, 1.807) is 14.2 Å². The summed E-state index contributed by atoms with van der Waals surface area (Å²) in [6, 6.07) is 6.42. The standard InChI is InChI=1S/C16H27NO2/c1-6-13(7-2)11-17-12(3)14-8-9-15(18-4)16(10-14)19-5/h8-10,12-13,17H,6-7,11H2,1-5H3. The Labute approximate surface area is 117 Å². The molecule has 3 heteroatoms. The fraction of sp³-hybridized carbons (Fsp3) is 0.625. The number of methoxy groups -OCH3 is 2. The lowest BCUT2D eigenvalue weighted by atomic mass is 10.0. The van der Waals surface area contributed by atoms with Crippen molar-refractivity contribution in [2.75, 3.05) is 20.8 Å². The molecule has 0 aliphatic rings. The molecule has 1 aromatic rings. The van der Waals surface area contributed by atoms with Gasteiger partial charge in [-0.1, -0.05) is 32.8 Å². The van der Waals surface area contributed by atoms with E-state index in [1.807, 2.05) is 12.1 Å². The van der Waals surface area contributed by atoms with Crippen molar-refractivity contribution in [3.8, 4) is 11.5 Å². The molecule has 3 nitrogen and oxygen atoms in total. The van der Waals surface area contributed by atoms with E-state index in [1.165, 1.54) is 18.4 Å². The molecule has 1 aromatic carbocycles. The van der Waals surface area contributed by atoms with E-state index >= 15 is 0 Å². The van der Waals surface area contributed by atoms with Gasteiger partial charge in [0.1, 0.15) is 0 Å². The van der Waals surface area contributed by atoms with Crippen LogP contribution in [0.2, 0.25) is 0 Å². The zero-order valence-corrected chi connectivity index (χ0v) is 12.8. The van der Waals surface area contributed by atoms with Crippen LogP contribution in [0.15, 0.2) is 18.2 Å². The molecular weight excluding hydrogens is 238 g/mol. The largest absolute Gasteiger partial charge is 0.493 e. The van der Waals surface area contributed by atoms with Crippen molar-refractivity contribution in [2.45, 2.75) is 39.7 Å². The molecule has 0 bridgehead atoms. The van der Waals surface area contributed by atoms with E-state index < -0.39 is 0 Å². The Bertz CT molecular complexity index is 375. The molecule has 108 valence electrons. The molecule has 0 saturated carbocycles. The SMILES string of the molecule is CCC(CC)CNC(C)c1ccc(OC)c(OC)c1. The summed E-state index contributed by atoms with van der Waals surface area (Å²) in [5.41, 5.74) is 1.23.